The molecule has 2 aliphatic heterocycles. The van der Waals surface area contributed by atoms with Crippen LogP contribution in [0.1, 0.15) is 17.5 Å². The maximum absolute atomic E-state index is 14.2. The molecule has 3 N–H and O–H groups in total. The normalized spacial score (nSPS) is 19.4. The second-order valence-corrected chi connectivity index (χ2v) is 8.12. The van der Waals surface area contributed by atoms with Crippen LogP contribution < -0.4 is 11.1 Å². The Morgan fingerprint density at radius 3 is 2.88 bits per heavy atom. The summed E-state index contributed by atoms with van der Waals surface area (Å²) in [7, 11) is 0. The Labute approximate surface area is 185 Å². The second kappa shape index (κ2) is 7.01. The Kier molecular flexibility index (Phi) is 4.18. The molecule has 9 nitrogen and oxygen atoms in total. The van der Waals surface area contributed by atoms with Gasteiger partial charge in [-0.2, -0.15) is 5.10 Å². The number of nitrogens with zero attached hydrogens (tertiary/aromatic N) is 5. The molecule has 6 rings (SSSR count). The largest absolute Gasteiger partial charge is 0.383 e. The van der Waals surface area contributed by atoms with Gasteiger partial charge in [-0.3, -0.25) is 4.79 Å². The van der Waals surface area contributed by atoms with Gasteiger partial charge in [-0.15, -0.1) is 0 Å². The van der Waals surface area contributed by atoms with Crippen molar-refractivity contribution in [1.82, 2.24) is 24.7 Å². The highest BCUT2D eigenvalue weighted by atomic mass is 19.1. The second-order valence-electron chi connectivity index (χ2n) is 8.12. The van der Waals surface area contributed by atoms with Gasteiger partial charge in [0.25, 0.3) is 0 Å². The van der Waals surface area contributed by atoms with Gasteiger partial charge in [0.2, 0.25) is 5.91 Å². The molecule has 4 aromatic rings. The Bertz CT molecular complexity index is 1450. The maximum Gasteiger partial charge on any atom is 0.238 e. The monoisotopic (exact) mass is 449 g/mol. The van der Waals surface area contributed by atoms with Crippen LogP contribution in [0.15, 0.2) is 36.5 Å². The zero-order chi connectivity index (χ0) is 22.7. The van der Waals surface area contributed by atoms with E-state index in [9.17, 15) is 13.6 Å². The number of nitrogens with two attached hydrogens (primary N) is 1. The first-order valence-electron chi connectivity index (χ1n) is 10.3. The molecule has 0 bridgehead atoms. The van der Waals surface area contributed by atoms with Crippen LogP contribution >= 0.6 is 0 Å². The molecule has 11 heteroatoms. The number of aromatic nitrogens is 5. The van der Waals surface area contributed by atoms with Gasteiger partial charge in [-0.05, 0) is 18.6 Å². The fraction of sp³-hybridized carbons (Fsp3) is 0.227. The van der Waals surface area contributed by atoms with E-state index >= 15 is 0 Å². The van der Waals surface area contributed by atoms with E-state index in [0.717, 1.165) is 6.20 Å². The summed E-state index contributed by atoms with van der Waals surface area (Å²) in [6, 6.07) is 7.56. The molecule has 1 atom stereocenters. The van der Waals surface area contributed by atoms with Gasteiger partial charge in [0.05, 0.1) is 30.3 Å². The van der Waals surface area contributed by atoms with Crippen LogP contribution in [-0.2, 0) is 21.5 Å². The topological polar surface area (TPSA) is 121 Å². The molecule has 1 unspecified atom stereocenters. The van der Waals surface area contributed by atoms with Crippen molar-refractivity contribution in [2.45, 2.75) is 18.4 Å². The fourth-order valence-corrected chi connectivity index (χ4v) is 4.53. The first kappa shape index (κ1) is 19.7. The number of hydrogen-bond donors (Lipinski definition) is 2. The summed E-state index contributed by atoms with van der Waals surface area (Å²) in [4.78, 5) is 25.8. The van der Waals surface area contributed by atoms with Gasteiger partial charge in [0, 0.05) is 12.2 Å². The number of pyridine rings is 1. The van der Waals surface area contributed by atoms with Crippen LogP contribution in [0.5, 0.6) is 0 Å². The summed E-state index contributed by atoms with van der Waals surface area (Å²) in [6.07, 6.45) is 1.54. The van der Waals surface area contributed by atoms with Crippen molar-refractivity contribution in [1.29, 1.82) is 0 Å². The van der Waals surface area contributed by atoms with Crippen LogP contribution in [0.2, 0.25) is 0 Å². The number of carbonyl (C=O) groups excluding carboxylic acids is 1. The SMILES string of the molecule is Nc1nc(-c2nn(Cc3ccccc3F)c3ncc(F)cc23)nc2c1C1(CCOC1)C(=O)N2. The zero-order valence-electron chi connectivity index (χ0n) is 17.2. The van der Waals surface area contributed by atoms with Crippen molar-refractivity contribution in [2.24, 2.45) is 0 Å². The quantitative estimate of drug-likeness (QED) is 0.493. The highest BCUT2D eigenvalue weighted by Crippen LogP contribution is 2.45. The lowest BCUT2D eigenvalue weighted by molar-refractivity contribution is -0.120. The van der Waals surface area contributed by atoms with Gasteiger partial charge in [0.15, 0.2) is 11.5 Å². The molecule has 1 aromatic carbocycles. The van der Waals surface area contributed by atoms with Crippen molar-refractivity contribution in [2.75, 3.05) is 24.3 Å². The maximum atomic E-state index is 14.2. The lowest BCUT2D eigenvalue weighted by Gasteiger charge is -2.19. The molecular weight excluding hydrogens is 432 g/mol. The average Bonchev–Trinajstić information content (AvgIpc) is 3.48. The minimum atomic E-state index is -0.905. The Morgan fingerprint density at radius 1 is 1.24 bits per heavy atom. The van der Waals surface area contributed by atoms with Crippen molar-refractivity contribution in [3.8, 4) is 11.5 Å². The molecule has 1 spiro atoms. The zero-order valence-corrected chi connectivity index (χ0v) is 17.2. The number of nitrogens with one attached hydrogen (secondary N) is 1. The summed E-state index contributed by atoms with van der Waals surface area (Å²) in [5, 5.41) is 7.63. The minimum Gasteiger partial charge on any atom is -0.383 e. The predicted octanol–water partition coefficient (Wildman–Crippen LogP) is 2.41. The molecule has 166 valence electrons. The predicted molar refractivity (Wildman–Crippen MR) is 114 cm³/mol. The van der Waals surface area contributed by atoms with E-state index in [1.54, 1.807) is 18.2 Å². The molecule has 0 saturated carbocycles. The van der Waals surface area contributed by atoms with Crippen LogP contribution in [0.25, 0.3) is 22.6 Å². The third-order valence-corrected chi connectivity index (χ3v) is 6.15. The highest BCUT2D eigenvalue weighted by Gasteiger charge is 2.52. The summed E-state index contributed by atoms with van der Waals surface area (Å²) < 4.78 is 35.2. The van der Waals surface area contributed by atoms with Crippen LogP contribution in [0.4, 0.5) is 20.4 Å². The molecule has 2 aliphatic rings. The third kappa shape index (κ3) is 2.89. The molecule has 1 amide bonds. The molecule has 1 saturated heterocycles. The van der Waals surface area contributed by atoms with E-state index in [2.05, 4.69) is 25.4 Å². The van der Waals surface area contributed by atoms with E-state index in [1.807, 2.05) is 0 Å². The number of benzene rings is 1. The first-order valence-corrected chi connectivity index (χ1v) is 10.3. The van der Waals surface area contributed by atoms with Crippen LogP contribution in [0, 0.1) is 11.6 Å². The minimum absolute atomic E-state index is 0.0689. The van der Waals surface area contributed by atoms with Gasteiger partial charge < -0.3 is 15.8 Å². The summed E-state index contributed by atoms with van der Waals surface area (Å²) in [5.41, 5.74) is 6.83. The van der Waals surface area contributed by atoms with Crippen LogP contribution in [-0.4, -0.2) is 43.9 Å². The number of ether oxygens (including phenoxy) is 1. The first-order chi connectivity index (χ1) is 16.0. The summed E-state index contributed by atoms with van der Waals surface area (Å²) in [6.45, 7) is 0.706. The standard InChI is InChI=1S/C22H17F2N7O2/c23-12-7-13-16(30-31(20(13)26-8-12)9-11-3-1-2-4-14(11)24)19-27-17(25)15-18(28-19)29-21(32)22(15)5-6-33-10-22/h1-4,7-8H,5-6,9-10H2,(H3,25,27,28,29,32). The Morgan fingerprint density at radius 2 is 2.09 bits per heavy atom. The molecule has 33 heavy (non-hydrogen) atoms. The molecule has 5 heterocycles. The lowest BCUT2D eigenvalue weighted by Crippen LogP contribution is -2.35. The molecule has 3 aromatic heterocycles. The Balaban J connectivity index is 1.51. The molecule has 1 fully saturated rings. The van der Waals surface area contributed by atoms with Gasteiger partial charge in [0.1, 0.15) is 34.4 Å². The number of hydrogen-bond acceptors (Lipinski definition) is 7. The van der Waals surface area contributed by atoms with E-state index < -0.39 is 17.0 Å². The summed E-state index contributed by atoms with van der Waals surface area (Å²) >= 11 is 0. The number of carbonyl (C=O) groups is 1. The van der Waals surface area contributed by atoms with Crippen molar-refractivity contribution in [3.05, 3.63) is 59.3 Å². The number of nitrogen functional groups attached to an aromatic ring is 1. The third-order valence-electron chi connectivity index (χ3n) is 6.15. The highest BCUT2D eigenvalue weighted by molar-refractivity contribution is 6.07. The fourth-order valence-electron chi connectivity index (χ4n) is 4.53. The van der Waals surface area contributed by atoms with Crippen molar-refractivity contribution < 1.29 is 18.3 Å². The smallest absolute Gasteiger partial charge is 0.238 e. The number of fused-ring (bicyclic) bond motifs is 3. The van der Waals surface area contributed by atoms with E-state index in [4.69, 9.17) is 10.5 Å². The number of rotatable bonds is 3. The van der Waals surface area contributed by atoms with E-state index in [0.29, 0.717) is 35.2 Å². The van der Waals surface area contributed by atoms with Gasteiger partial charge in [-0.25, -0.2) is 28.4 Å². The summed E-state index contributed by atoms with van der Waals surface area (Å²) in [5.74, 6) is -0.689. The molecule has 0 aliphatic carbocycles. The van der Waals surface area contributed by atoms with E-state index in [-0.39, 0.29) is 42.2 Å². The number of halogens is 2. The lowest BCUT2D eigenvalue weighted by atomic mass is 9.82. The molecule has 0 radical (unpaired) electrons. The van der Waals surface area contributed by atoms with Crippen molar-refractivity contribution >= 4 is 28.6 Å². The van der Waals surface area contributed by atoms with Crippen LogP contribution in [0.3, 0.4) is 0 Å². The van der Waals surface area contributed by atoms with E-state index in [1.165, 1.54) is 16.8 Å². The van der Waals surface area contributed by atoms with Gasteiger partial charge in [-0.1, -0.05) is 18.2 Å². The number of amides is 1. The molecular formula is C22H17F2N7O2. The van der Waals surface area contributed by atoms with Gasteiger partial charge >= 0.3 is 0 Å². The van der Waals surface area contributed by atoms with Crippen molar-refractivity contribution in [3.63, 3.8) is 0 Å². The number of anilines is 2. The Hall–Kier alpha value is -3.99. The average molecular weight is 449 g/mol.